The van der Waals surface area contributed by atoms with Crippen LogP contribution in [-0.4, -0.2) is 17.5 Å². The van der Waals surface area contributed by atoms with E-state index in [1.54, 1.807) is 5.38 Å². The molecule has 0 aliphatic carbocycles. The maximum atomic E-state index is 13.2. The van der Waals surface area contributed by atoms with E-state index >= 15 is 0 Å². The Hall–Kier alpha value is -2.22. The Kier molecular flexibility index (Phi) is 4.46. The first-order valence-corrected chi connectivity index (χ1v) is 6.44. The highest BCUT2D eigenvalue weighted by atomic mass is 32.1. The first kappa shape index (κ1) is 14.2. The lowest BCUT2D eigenvalue weighted by atomic mass is 10.3. The van der Waals surface area contributed by atoms with Gasteiger partial charge in [-0.15, -0.1) is 0 Å². The van der Waals surface area contributed by atoms with E-state index in [2.05, 4.69) is 10.3 Å². The Bertz CT molecular complexity index is 669. The van der Waals surface area contributed by atoms with Gasteiger partial charge in [-0.25, -0.2) is 8.78 Å². The van der Waals surface area contributed by atoms with Crippen molar-refractivity contribution in [1.29, 1.82) is 0 Å². The lowest BCUT2D eigenvalue weighted by Gasteiger charge is -2.07. The smallest absolute Gasteiger partial charge is 0.304 e. The van der Waals surface area contributed by atoms with Crippen molar-refractivity contribution in [3.8, 4) is 5.75 Å². The van der Waals surface area contributed by atoms with Crippen LogP contribution in [0.3, 0.4) is 0 Å². The van der Waals surface area contributed by atoms with Crippen molar-refractivity contribution >= 4 is 17.2 Å². The molecular weight excluding hydrogens is 290 g/mol. The van der Waals surface area contributed by atoms with Gasteiger partial charge < -0.3 is 15.0 Å². The van der Waals surface area contributed by atoms with Gasteiger partial charge in [-0.05, 0) is 12.1 Å². The van der Waals surface area contributed by atoms with Crippen LogP contribution < -0.4 is 14.9 Å². The predicted molar refractivity (Wildman–Crippen MR) is 68.6 cm³/mol. The molecule has 0 bridgehead atoms. The summed E-state index contributed by atoms with van der Waals surface area (Å²) in [6.07, 6.45) is 0. The summed E-state index contributed by atoms with van der Waals surface area (Å²) in [5.41, 5.74) is 0.571. The number of H-pyrrole nitrogens is 1. The van der Waals surface area contributed by atoms with E-state index < -0.39 is 24.1 Å². The first-order valence-electron chi connectivity index (χ1n) is 5.56. The maximum Gasteiger partial charge on any atom is 0.304 e. The SMILES string of the molecule is O=C(COc1ccc(F)cc1F)NCc1csc(=O)[nH]1. The highest BCUT2D eigenvalue weighted by Gasteiger charge is 2.08. The van der Waals surface area contributed by atoms with Crippen LogP contribution in [0.25, 0.3) is 0 Å². The summed E-state index contributed by atoms with van der Waals surface area (Å²) in [4.78, 5) is 24.6. The number of carbonyl (C=O) groups excluding carboxylic acids is 1. The molecule has 1 heterocycles. The van der Waals surface area contributed by atoms with Crippen LogP contribution in [0, 0.1) is 11.6 Å². The largest absolute Gasteiger partial charge is 0.481 e. The second-order valence-electron chi connectivity index (χ2n) is 3.81. The quantitative estimate of drug-likeness (QED) is 0.877. The van der Waals surface area contributed by atoms with Crippen LogP contribution in [0.15, 0.2) is 28.4 Å². The molecule has 20 heavy (non-hydrogen) atoms. The van der Waals surface area contributed by atoms with Gasteiger partial charge in [-0.2, -0.15) is 0 Å². The Morgan fingerprint density at radius 3 is 2.85 bits per heavy atom. The van der Waals surface area contributed by atoms with Crippen LogP contribution >= 0.6 is 11.3 Å². The summed E-state index contributed by atoms with van der Waals surface area (Å²) in [5, 5.41) is 4.08. The molecule has 0 aliphatic rings. The van der Waals surface area contributed by atoms with E-state index in [-0.39, 0.29) is 17.2 Å². The Morgan fingerprint density at radius 2 is 2.20 bits per heavy atom. The van der Waals surface area contributed by atoms with E-state index in [4.69, 9.17) is 4.74 Å². The van der Waals surface area contributed by atoms with Gasteiger partial charge in [0.15, 0.2) is 18.2 Å². The normalized spacial score (nSPS) is 10.3. The van der Waals surface area contributed by atoms with Gasteiger partial charge >= 0.3 is 4.87 Å². The van der Waals surface area contributed by atoms with Crippen LogP contribution in [-0.2, 0) is 11.3 Å². The van der Waals surface area contributed by atoms with Crippen molar-refractivity contribution in [2.24, 2.45) is 0 Å². The number of benzene rings is 1. The average Bonchev–Trinajstić information content (AvgIpc) is 2.81. The number of hydrogen-bond acceptors (Lipinski definition) is 4. The molecule has 1 aromatic carbocycles. The highest BCUT2D eigenvalue weighted by Crippen LogP contribution is 2.17. The molecule has 0 saturated heterocycles. The summed E-state index contributed by atoms with van der Waals surface area (Å²) in [7, 11) is 0. The molecule has 0 aliphatic heterocycles. The van der Waals surface area contributed by atoms with Crippen molar-refractivity contribution < 1.29 is 18.3 Å². The zero-order valence-electron chi connectivity index (χ0n) is 10.1. The first-order chi connectivity index (χ1) is 9.54. The van der Waals surface area contributed by atoms with Crippen LogP contribution in [0.4, 0.5) is 8.78 Å². The fraction of sp³-hybridized carbons (Fsp3) is 0.167. The van der Waals surface area contributed by atoms with Crippen molar-refractivity contribution in [2.45, 2.75) is 6.54 Å². The molecule has 106 valence electrons. The minimum atomic E-state index is -0.875. The van der Waals surface area contributed by atoms with E-state index in [0.29, 0.717) is 11.8 Å². The molecule has 0 unspecified atom stereocenters. The van der Waals surface area contributed by atoms with Gasteiger partial charge in [0, 0.05) is 17.1 Å². The lowest BCUT2D eigenvalue weighted by molar-refractivity contribution is -0.123. The Morgan fingerprint density at radius 1 is 1.40 bits per heavy atom. The zero-order valence-corrected chi connectivity index (χ0v) is 10.9. The van der Waals surface area contributed by atoms with Gasteiger partial charge in [-0.1, -0.05) is 11.3 Å². The molecule has 0 spiro atoms. The maximum absolute atomic E-state index is 13.2. The van der Waals surface area contributed by atoms with E-state index in [0.717, 1.165) is 23.5 Å². The van der Waals surface area contributed by atoms with Crippen molar-refractivity contribution in [1.82, 2.24) is 10.3 Å². The molecule has 8 heteroatoms. The standard InChI is InChI=1S/C12H10F2N2O3S/c13-7-1-2-10(9(14)3-7)19-5-11(17)15-4-8-6-20-12(18)16-8/h1-3,6H,4-5H2,(H,15,17)(H,16,18). The van der Waals surface area contributed by atoms with Crippen LogP contribution in [0.5, 0.6) is 5.75 Å². The lowest BCUT2D eigenvalue weighted by Crippen LogP contribution is -2.28. The van der Waals surface area contributed by atoms with Crippen molar-refractivity contribution in [3.63, 3.8) is 0 Å². The Labute approximate surface area is 116 Å². The number of ether oxygens (including phenoxy) is 1. The fourth-order valence-corrected chi connectivity index (χ4v) is 1.96. The topological polar surface area (TPSA) is 71.2 Å². The minimum Gasteiger partial charge on any atom is -0.481 e. The Balaban J connectivity index is 1.81. The van der Waals surface area contributed by atoms with Crippen molar-refractivity contribution in [2.75, 3.05) is 6.61 Å². The number of thiazole rings is 1. The van der Waals surface area contributed by atoms with Gasteiger partial charge in [0.2, 0.25) is 0 Å². The van der Waals surface area contributed by atoms with E-state index in [1.165, 1.54) is 0 Å². The molecule has 1 amide bonds. The number of amides is 1. The molecule has 5 nitrogen and oxygen atoms in total. The van der Waals surface area contributed by atoms with Gasteiger partial charge in [0.05, 0.1) is 6.54 Å². The average molecular weight is 300 g/mol. The third kappa shape index (κ3) is 3.89. The summed E-state index contributed by atoms with van der Waals surface area (Å²) >= 11 is 0.991. The highest BCUT2D eigenvalue weighted by molar-refractivity contribution is 7.07. The number of rotatable bonds is 5. The number of hydrogen-bond donors (Lipinski definition) is 2. The molecule has 0 fully saturated rings. The molecule has 2 rings (SSSR count). The number of halogens is 2. The number of carbonyl (C=O) groups is 1. The molecular formula is C12H10F2N2O3S. The monoisotopic (exact) mass is 300 g/mol. The summed E-state index contributed by atoms with van der Waals surface area (Å²) in [5.74, 6) is -2.29. The second-order valence-corrected chi connectivity index (χ2v) is 4.66. The van der Waals surface area contributed by atoms with Crippen LogP contribution in [0.2, 0.25) is 0 Å². The number of aromatic nitrogens is 1. The third-order valence-electron chi connectivity index (χ3n) is 2.30. The number of aromatic amines is 1. The van der Waals surface area contributed by atoms with E-state index in [1.807, 2.05) is 0 Å². The van der Waals surface area contributed by atoms with Gasteiger partial charge in [0.1, 0.15) is 5.82 Å². The summed E-state index contributed by atoms with van der Waals surface area (Å²) in [6, 6.07) is 2.81. The minimum absolute atomic E-state index is 0.146. The molecule has 0 radical (unpaired) electrons. The fourth-order valence-electron chi connectivity index (χ4n) is 1.38. The van der Waals surface area contributed by atoms with E-state index in [9.17, 15) is 18.4 Å². The van der Waals surface area contributed by atoms with Gasteiger partial charge in [-0.3, -0.25) is 9.59 Å². The summed E-state index contributed by atoms with van der Waals surface area (Å²) in [6.45, 7) is -0.260. The molecule has 2 N–H and O–H groups in total. The van der Waals surface area contributed by atoms with Crippen LogP contribution in [0.1, 0.15) is 5.69 Å². The molecule has 1 aromatic heterocycles. The molecule has 2 aromatic rings. The zero-order chi connectivity index (χ0) is 14.5. The summed E-state index contributed by atoms with van der Waals surface area (Å²) < 4.78 is 30.8. The molecule has 0 atom stereocenters. The third-order valence-corrected chi connectivity index (χ3v) is 3.02. The second kappa shape index (κ2) is 6.29. The molecule has 0 saturated carbocycles. The predicted octanol–water partition coefficient (Wildman–Crippen LogP) is 1.41. The number of nitrogens with one attached hydrogen (secondary N) is 2. The van der Waals surface area contributed by atoms with Crippen molar-refractivity contribution in [3.05, 3.63) is 50.6 Å². The van der Waals surface area contributed by atoms with Gasteiger partial charge in [0.25, 0.3) is 5.91 Å².